The van der Waals surface area contributed by atoms with Gasteiger partial charge in [-0.15, -0.1) is 0 Å². The molecule has 0 aliphatic heterocycles. The van der Waals surface area contributed by atoms with Gasteiger partial charge in [-0.05, 0) is 0 Å². The molecule has 5 heteroatoms. The number of aliphatic hydroxyl groups excluding tert-OH is 1. The van der Waals surface area contributed by atoms with E-state index in [0.29, 0.717) is 0 Å². The van der Waals surface area contributed by atoms with Gasteiger partial charge in [-0.1, -0.05) is 0 Å². The number of hydrogen-bond acceptors (Lipinski definition) is 2. The topological polar surface area (TPSA) is 40.5 Å². The Balaban J connectivity index is 3.28. The van der Waals surface area contributed by atoms with Gasteiger partial charge < -0.3 is 10.2 Å². The molecule has 0 heterocycles. The molecule has 0 aromatic rings. The predicted molar refractivity (Wildman–Crippen MR) is 23.5 cm³/mol. The van der Waals surface area contributed by atoms with Crippen molar-refractivity contribution in [2.24, 2.45) is 0 Å². The maximum atomic E-state index is 11.2. The lowest BCUT2D eigenvalue weighted by atomic mass is 10.3. The van der Waals surface area contributed by atoms with Gasteiger partial charge in [0.05, 0.1) is 0 Å². The molecule has 0 saturated carbocycles. The number of hydrogen-bond donors (Lipinski definition) is 2. The summed E-state index contributed by atoms with van der Waals surface area (Å²) < 4.78 is 33.6. The summed E-state index contributed by atoms with van der Waals surface area (Å²) >= 11 is 0. The van der Waals surface area contributed by atoms with E-state index in [1.807, 2.05) is 0 Å². The van der Waals surface area contributed by atoms with Crippen LogP contribution in [0.3, 0.4) is 0 Å². The molecule has 0 unspecified atom stereocenters. The Morgan fingerprint density at radius 3 is 1.78 bits per heavy atom. The van der Waals surface area contributed by atoms with Gasteiger partial charge in [0.15, 0.2) is 6.29 Å². The van der Waals surface area contributed by atoms with Gasteiger partial charge in [-0.3, -0.25) is 0 Å². The predicted octanol–water partition coefficient (Wildman–Crippen LogP) is 0.640. The first-order valence-electron chi connectivity index (χ1n) is 2.35. The van der Waals surface area contributed by atoms with Crippen molar-refractivity contribution in [2.45, 2.75) is 25.3 Å². The van der Waals surface area contributed by atoms with Crippen molar-refractivity contribution in [3.05, 3.63) is 0 Å². The van der Waals surface area contributed by atoms with E-state index in [1.165, 1.54) is 0 Å². The van der Waals surface area contributed by atoms with Gasteiger partial charge in [-0.2, -0.15) is 13.2 Å². The van der Waals surface area contributed by atoms with Gasteiger partial charge in [0, 0.05) is 12.8 Å². The molecule has 0 aliphatic rings. The lowest BCUT2D eigenvalue weighted by Crippen LogP contribution is -2.13. The molecule has 2 N–H and O–H groups in total. The van der Waals surface area contributed by atoms with E-state index in [1.54, 1.807) is 0 Å². The Labute approximate surface area is 49.9 Å². The maximum Gasteiger partial charge on any atom is 0.389 e. The third-order valence-corrected chi connectivity index (χ3v) is 0.686. The fraction of sp³-hybridized carbons (Fsp3) is 1.00. The molecular formula is C4H7F3O2. The number of aliphatic hydroxyl groups is 2. The van der Waals surface area contributed by atoms with Crippen molar-refractivity contribution in [3.8, 4) is 0 Å². The fourth-order valence-corrected chi connectivity index (χ4v) is 0.293. The zero-order valence-electron chi connectivity index (χ0n) is 4.52. The largest absolute Gasteiger partial charge is 0.389 e. The van der Waals surface area contributed by atoms with Crippen molar-refractivity contribution in [3.63, 3.8) is 0 Å². The van der Waals surface area contributed by atoms with Crippen LogP contribution in [0.5, 0.6) is 0 Å². The monoisotopic (exact) mass is 144 g/mol. The van der Waals surface area contributed by atoms with Gasteiger partial charge >= 0.3 is 6.18 Å². The molecule has 0 rings (SSSR count). The van der Waals surface area contributed by atoms with Crippen LogP contribution in [0.4, 0.5) is 13.2 Å². The first-order valence-corrected chi connectivity index (χ1v) is 2.35. The molecule has 0 atom stereocenters. The Morgan fingerprint density at radius 2 is 1.67 bits per heavy atom. The first kappa shape index (κ1) is 8.71. The Hall–Kier alpha value is -0.290. The van der Waals surface area contributed by atoms with E-state index in [0.717, 1.165) is 0 Å². The van der Waals surface area contributed by atoms with Crippen LogP contribution in [0.25, 0.3) is 0 Å². The standard InChI is InChI=1S/C4H7F3O2/c5-4(6,7)2-1-3(8)9/h3,8-9H,1-2H2. The molecule has 0 saturated heterocycles. The number of alkyl halides is 3. The molecule has 0 amide bonds. The minimum atomic E-state index is -4.29. The van der Waals surface area contributed by atoms with E-state index in [9.17, 15) is 13.2 Å². The van der Waals surface area contributed by atoms with E-state index in [-0.39, 0.29) is 0 Å². The lowest BCUT2D eigenvalue weighted by Gasteiger charge is -2.05. The van der Waals surface area contributed by atoms with Crippen LogP contribution in [0.1, 0.15) is 12.8 Å². The van der Waals surface area contributed by atoms with E-state index >= 15 is 0 Å². The summed E-state index contributed by atoms with van der Waals surface area (Å²) in [6, 6.07) is 0. The van der Waals surface area contributed by atoms with E-state index in [4.69, 9.17) is 10.2 Å². The maximum absolute atomic E-state index is 11.2. The van der Waals surface area contributed by atoms with Crippen molar-refractivity contribution >= 4 is 0 Å². The zero-order chi connectivity index (χ0) is 7.49. The van der Waals surface area contributed by atoms with Crippen LogP contribution >= 0.6 is 0 Å². The molecule has 0 aromatic heterocycles. The van der Waals surface area contributed by atoms with Gasteiger partial charge in [-0.25, -0.2) is 0 Å². The molecule has 56 valence electrons. The summed E-state index contributed by atoms with van der Waals surface area (Å²) in [5.74, 6) is 0. The van der Waals surface area contributed by atoms with Crippen LogP contribution < -0.4 is 0 Å². The highest BCUT2D eigenvalue weighted by Crippen LogP contribution is 2.21. The van der Waals surface area contributed by atoms with Crippen LogP contribution in [-0.2, 0) is 0 Å². The normalized spacial score (nSPS) is 12.7. The summed E-state index contributed by atoms with van der Waals surface area (Å²) in [4.78, 5) is 0. The van der Waals surface area contributed by atoms with Crippen LogP contribution in [0, 0.1) is 0 Å². The van der Waals surface area contributed by atoms with Gasteiger partial charge in [0.25, 0.3) is 0 Å². The number of rotatable bonds is 2. The Morgan fingerprint density at radius 1 is 1.22 bits per heavy atom. The summed E-state index contributed by atoms with van der Waals surface area (Å²) in [6.45, 7) is 0. The highest BCUT2D eigenvalue weighted by Gasteiger charge is 2.27. The average molecular weight is 144 g/mol. The molecule has 0 bridgehead atoms. The van der Waals surface area contributed by atoms with Crippen LogP contribution in [0.15, 0.2) is 0 Å². The quantitative estimate of drug-likeness (QED) is 0.558. The van der Waals surface area contributed by atoms with E-state index in [2.05, 4.69) is 0 Å². The molecule has 0 fully saturated rings. The molecule has 0 spiro atoms. The third kappa shape index (κ3) is 7.71. The second-order valence-corrected chi connectivity index (χ2v) is 1.63. The zero-order valence-corrected chi connectivity index (χ0v) is 4.52. The van der Waals surface area contributed by atoms with Gasteiger partial charge in [0.2, 0.25) is 0 Å². The molecule has 9 heavy (non-hydrogen) atoms. The highest BCUT2D eigenvalue weighted by molar-refractivity contribution is 4.50. The summed E-state index contributed by atoms with van der Waals surface area (Å²) in [7, 11) is 0. The smallest absolute Gasteiger partial charge is 0.368 e. The van der Waals surface area contributed by atoms with Crippen molar-refractivity contribution < 1.29 is 23.4 Å². The molecule has 0 radical (unpaired) electrons. The minimum Gasteiger partial charge on any atom is -0.368 e. The van der Waals surface area contributed by atoms with E-state index < -0.39 is 25.3 Å². The molecule has 0 aliphatic carbocycles. The lowest BCUT2D eigenvalue weighted by molar-refractivity contribution is -0.152. The fourth-order valence-electron chi connectivity index (χ4n) is 0.293. The third-order valence-electron chi connectivity index (χ3n) is 0.686. The Kier molecular flexibility index (Phi) is 2.93. The van der Waals surface area contributed by atoms with Gasteiger partial charge in [0.1, 0.15) is 0 Å². The second kappa shape index (κ2) is 3.03. The highest BCUT2D eigenvalue weighted by atomic mass is 19.4. The Bertz CT molecular complexity index is 78.4. The molecule has 2 nitrogen and oxygen atoms in total. The van der Waals surface area contributed by atoms with Crippen LogP contribution in [-0.4, -0.2) is 22.7 Å². The molecular weight excluding hydrogens is 137 g/mol. The van der Waals surface area contributed by atoms with Crippen molar-refractivity contribution in [2.75, 3.05) is 0 Å². The average Bonchev–Trinajstić information content (AvgIpc) is 1.59. The van der Waals surface area contributed by atoms with Crippen molar-refractivity contribution in [1.82, 2.24) is 0 Å². The first-order chi connectivity index (χ1) is 3.92. The second-order valence-electron chi connectivity index (χ2n) is 1.63. The SMILES string of the molecule is OC(O)CCC(F)(F)F. The minimum absolute atomic E-state index is 0.649. The number of halogens is 3. The van der Waals surface area contributed by atoms with Crippen LogP contribution in [0.2, 0.25) is 0 Å². The molecule has 0 aromatic carbocycles. The summed E-state index contributed by atoms with van der Waals surface area (Å²) in [5, 5.41) is 15.9. The summed E-state index contributed by atoms with van der Waals surface area (Å²) in [5.41, 5.74) is 0. The summed E-state index contributed by atoms with van der Waals surface area (Å²) in [6.07, 6.45) is -7.94. The van der Waals surface area contributed by atoms with Crippen molar-refractivity contribution in [1.29, 1.82) is 0 Å².